The molecule has 2 N–H and O–H groups in total. The van der Waals surface area contributed by atoms with Crippen LogP contribution in [-0.4, -0.2) is 23.0 Å². The van der Waals surface area contributed by atoms with Crippen LogP contribution >= 0.6 is 12.2 Å². The van der Waals surface area contributed by atoms with Crippen molar-refractivity contribution in [3.05, 3.63) is 35.9 Å². The smallest absolute Gasteiger partial charge is 0.0746 e. The summed E-state index contributed by atoms with van der Waals surface area (Å²) in [6.45, 7) is 6.96. The first-order valence-corrected chi connectivity index (χ1v) is 7.46. The molecular formula is C16H24N2S. The first kappa shape index (κ1) is 14.5. The third-order valence-corrected chi connectivity index (χ3v) is 4.12. The molecular weight excluding hydrogens is 252 g/mol. The van der Waals surface area contributed by atoms with Crippen LogP contribution in [0.1, 0.15) is 44.7 Å². The molecule has 3 heteroatoms. The van der Waals surface area contributed by atoms with E-state index in [1.165, 1.54) is 18.4 Å². The maximum Gasteiger partial charge on any atom is 0.0746 e. The van der Waals surface area contributed by atoms with Gasteiger partial charge in [-0.1, -0.05) is 56.4 Å². The maximum absolute atomic E-state index is 5.81. The summed E-state index contributed by atoms with van der Waals surface area (Å²) in [6.07, 6.45) is 3.33. The zero-order valence-electron chi connectivity index (χ0n) is 11.9. The van der Waals surface area contributed by atoms with E-state index in [2.05, 4.69) is 49.1 Å². The van der Waals surface area contributed by atoms with Crippen molar-refractivity contribution in [3.8, 4) is 0 Å². The lowest BCUT2D eigenvalue weighted by Crippen LogP contribution is -2.43. The molecule has 2 nitrogen and oxygen atoms in total. The van der Waals surface area contributed by atoms with Gasteiger partial charge in [-0.05, 0) is 30.4 Å². The fourth-order valence-corrected chi connectivity index (χ4v) is 3.22. The standard InChI is InChI=1S/C16H24N2S/c1-16(2)9-6-10-18(12-16)14(11-15(17)19)13-7-4-3-5-8-13/h3-5,7-8,14H,6,9-12H2,1-2H3,(H2,17,19). The van der Waals surface area contributed by atoms with Crippen molar-refractivity contribution in [1.82, 2.24) is 4.90 Å². The van der Waals surface area contributed by atoms with E-state index in [1.807, 2.05) is 0 Å². The zero-order chi connectivity index (χ0) is 13.9. The first-order valence-electron chi connectivity index (χ1n) is 7.05. The Hall–Kier alpha value is -0.930. The summed E-state index contributed by atoms with van der Waals surface area (Å²) < 4.78 is 0. The molecule has 1 aromatic rings. The Morgan fingerprint density at radius 1 is 1.37 bits per heavy atom. The maximum atomic E-state index is 5.81. The molecule has 104 valence electrons. The van der Waals surface area contributed by atoms with Gasteiger partial charge in [0.05, 0.1) is 4.99 Å². The molecule has 0 saturated carbocycles. The summed E-state index contributed by atoms with van der Waals surface area (Å²) in [5.74, 6) is 0. The van der Waals surface area contributed by atoms with Crippen molar-refractivity contribution in [1.29, 1.82) is 0 Å². The Labute approximate surface area is 122 Å². The van der Waals surface area contributed by atoms with Gasteiger partial charge in [0.15, 0.2) is 0 Å². The number of hydrogen-bond donors (Lipinski definition) is 1. The van der Waals surface area contributed by atoms with Crippen LogP contribution in [0.3, 0.4) is 0 Å². The highest BCUT2D eigenvalue weighted by Gasteiger charge is 2.31. The van der Waals surface area contributed by atoms with E-state index in [4.69, 9.17) is 18.0 Å². The van der Waals surface area contributed by atoms with Crippen LogP contribution in [0.25, 0.3) is 0 Å². The van der Waals surface area contributed by atoms with Gasteiger partial charge in [-0.3, -0.25) is 4.90 Å². The minimum absolute atomic E-state index is 0.332. The van der Waals surface area contributed by atoms with Gasteiger partial charge < -0.3 is 5.73 Å². The lowest BCUT2D eigenvalue weighted by atomic mass is 9.83. The van der Waals surface area contributed by atoms with Crippen LogP contribution in [0, 0.1) is 5.41 Å². The van der Waals surface area contributed by atoms with Crippen molar-refractivity contribution in [2.45, 2.75) is 39.2 Å². The number of thiocarbonyl (C=S) groups is 1. The van der Waals surface area contributed by atoms with Gasteiger partial charge in [-0.15, -0.1) is 0 Å². The highest BCUT2D eigenvalue weighted by Crippen LogP contribution is 2.34. The topological polar surface area (TPSA) is 29.3 Å². The summed E-state index contributed by atoms with van der Waals surface area (Å²) >= 11 is 5.15. The van der Waals surface area contributed by atoms with Crippen molar-refractivity contribution in [2.75, 3.05) is 13.1 Å². The van der Waals surface area contributed by atoms with Gasteiger partial charge in [-0.25, -0.2) is 0 Å². The predicted octanol–water partition coefficient (Wildman–Crippen LogP) is 3.53. The first-order chi connectivity index (χ1) is 8.98. The largest absolute Gasteiger partial charge is 0.393 e. The number of nitrogens with zero attached hydrogens (tertiary/aromatic N) is 1. The second kappa shape index (κ2) is 6.02. The van der Waals surface area contributed by atoms with Gasteiger partial charge in [0.1, 0.15) is 0 Å². The normalized spacial score (nSPS) is 20.9. The summed E-state index contributed by atoms with van der Waals surface area (Å²) in [4.78, 5) is 3.16. The summed E-state index contributed by atoms with van der Waals surface area (Å²) in [6, 6.07) is 10.9. The molecule has 0 aromatic heterocycles. The van der Waals surface area contributed by atoms with Crippen LogP contribution < -0.4 is 5.73 Å². The van der Waals surface area contributed by atoms with E-state index < -0.39 is 0 Å². The number of nitrogens with two attached hydrogens (primary N) is 1. The molecule has 1 unspecified atom stereocenters. The summed E-state index contributed by atoms with van der Waals surface area (Å²) in [5.41, 5.74) is 7.53. The van der Waals surface area contributed by atoms with Gasteiger partial charge in [-0.2, -0.15) is 0 Å². The molecule has 0 bridgehead atoms. The van der Waals surface area contributed by atoms with Crippen molar-refractivity contribution >= 4 is 17.2 Å². The Morgan fingerprint density at radius 3 is 2.63 bits per heavy atom. The molecule has 19 heavy (non-hydrogen) atoms. The molecule has 0 spiro atoms. The SMILES string of the molecule is CC1(C)CCCN(C(CC(N)=S)c2ccccc2)C1. The Bertz CT molecular complexity index is 428. The molecule has 1 saturated heterocycles. The highest BCUT2D eigenvalue weighted by molar-refractivity contribution is 7.80. The number of rotatable bonds is 4. The second-order valence-electron chi connectivity index (χ2n) is 6.34. The fraction of sp³-hybridized carbons (Fsp3) is 0.562. The molecule has 2 rings (SSSR count). The summed E-state index contributed by atoms with van der Waals surface area (Å²) in [5, 5.41) is 0. The predicted molar refractivity (Wildman–Crippen MR) is 85.2 cm³/mol. The molecule has 1 aliphatic rings. The quantitative estimate of drug-likeness (QED) is 0.853. The van der Waals surface area contributed by atoms with Crippen molar-refractivity contribution in [3.63, 3.8) is 0 Å². The monoisotopic (exact) mass is 276 g/mol. The summed E-state index contributed by atoms with van der Waals surface area (Å²) in [7, 11) is 0. The average molecular weight is 276 g/mol. The van der Waals surface area contributed by atoms with E-state index in [0.29, 0.717) is 16.4 Å². The van der Waals surface area contributed by atoms with Crippen LogP contribution in [0.5, 0.6) is 0 Å². The van der Waals surface area contributed by atoms with Crippen molar-refractivity contribution < 1.29 is 0 Å². The van der Waals surface area contributed by atoms with Crippen LogP contribution in [-0.2, 0) is 0 Å². The highest BCUT2D eigenvalue weighted by atomic mass is 32.1. The minimum Gasteiger partial charge on any atom is -0.393 e. The molecule has 0 aliphatic carbocycles. The molecule has 0 amide bonds. The molecule has 0 radical (unpaired) electrons. The number of likely N-dealkylation sites (tertiary alicyclic amines) is 1. The number of benzene rings is 1. The third kappa shape index (κ3) is 4.02. The van der Waals surface area contributed by atoms with Crippen LogP contribution in [0.4, 0.5) is 0 Å². The molecule has 1 atom stereocenters. The lowest BCUT2D eigenvalue weighted by molar-refractivity contribution is 0.0802. The van der Waals surface area contributed by atoms with Gasteiger partial charge in [0, 0.05) is 19.0 Å². The fourth-order valence-electron chi connectivity index (χ4n) is 3.06. The van der Waals surface area contributed by atoms with Crippen molar-refractivity contribution in [2.24, 2.45) is 11.1 Å². The molecule has 1 aliphatic heterocycles. The van der Waals surface area contributed by atoms with E-state index in [0.717, 1.165) is 19.5 Å². The molecule has 1 heterocycles. The van der Waals surface area contributed by atoms with E-state index >= 15 is 0 Å². The third-order valence-electron chi connectivity index (χ3n) is 3.95. The Kier molecular flexibility index (Phi) is 4.58. The Morgan fingerprint density at radius 2 is 2.05 bits per heavy atom. The second-order valence-corrected chi connectivity index (χ2v) is 6.86. The molecule has 1 aromatic carbocycles. The zero-order valence-corrected chi connectivity index (χ0v) is 12.7. The van der Waals surface area contributed by atoms with Crippen LogP contribution in [0.15, 0.2) is 30.3 Å². The Balaban J connectivity index is 2.20. The van der Waals surface area contributed by atoms with E-state index in [-0.39, 0.29) is 0 Å². The lowest BCUT2D eigenvalue weighted by Gasteiger charge is -2.42. The average Bonchev–Trinajstić information content (AvgIpc) is 2.35. The molecule has 1 fully saturated rings. The van der Waals surface area contributed by atoms with Crippen LogP contribution in [0.2, 0.25) is 0 Å². The van der Waals surface area contributed by atoms with Gasteiger partial charge >= 0.3 is 0 Å². The van der Waals surface area contributed by atoms with E-state index in [9.17, 15) is 0 Å². The number of piperidine rings is 1. The van der Waals surface area contributed by atoms with E-state index in [1.54, 1.807) is 0 Å². The minimum atomic E-state index is 0.332. The van der Waals surface area contributed by atoms with Gasteiger partial charge in [0.2, 0.25) is 0 Å². The van der Waals surface area contributed by atoms with Gasteiger partial charge in [0.25, 0.3) is 0 Å². The number of hydrogen-bond acceptors (Lipinski definition) is 2.